The van der Waals surface area contributed by atoms with Crippen LogP contribution < -0.4 is 16.0 Å². The summed E-state index contributed by atoms with van der Waals surface area (Å²) in [5, 5.41) is 9.59. The molecule has 2 aromatic carbocycles. The van der Waals surface area contributed by atoms with Crippen LogP contribution in [-0.2, 0) is 22.7 Å². The second-order valence-corrected chi connectivity index (χ2v) is 6.59. The fraction of sp³-hybridized carbons (Fsp3) is 0.333. The summed E-state index contributed by atoms with van der Waals surface area (Å²) in [4.78, 5) is 16.2. The molecule has 0 radical (unpaired) electrons. The topological polar surface area (TPSA) is 74.8 Å². The van der Waals surface area contributed by atoms with E-state index in [2.05, 4.69) is 51.3 Å². The minimum absolute atomic E-state index is 0. The molecule has 6 nitrogen and oxygen atoms in total. The molecule has 1 aliphatic heterocycles. The molecule has 28 heavy (non-hydrogen) atoms. The highest BCUT2D eigenvalue weighted by molar-refractivity contribution is 14.0. The molecule has 0 spiro atoms. The Morgan fingerprint density at radius 1 is 1.14 bits per heavy atom. The van der Waals surface area contributed by atoms with Crippen molar-refractivity contribution in [2.45, 2.75) is 25.5 Å². The van der Waals surface area contributed by atoms with Gasteiger partial charge in [-0.2, -0.15) is 0 Å². The zero-order chi connectivity index (χ0) is 19.1. The van der Waals surface area contributed by atoms with Crippen molar-refractivity contribution in [2.24, 2.45) is 4.99 Å². The summed E-state index contributed by atoms with van der Waals surface area (Å²) in [7, 11) is 3.44. The maximum Gasteiger partial charge on any atom is 0.225 e. The number of halogens is 1. The summed E-state index contributed by atoms with van der Waals surface area (Å²) in [6.45, 7) is 1.94. The van der Waals surface area contributed by atoms with E-state index < -0.39 is 0 Å². The third-order valence-electron chi connectivity index (χ3n) is 4.64. The van der Waals surface area contributed by atoms with Gasteiger partial charge in [0.1, 0.15) is 0 Å². The first-order chi connectivity index (χ1) is 13.2. The third-order valence-corrected chi connectivity index (χ3v) is 4.64. The van der Waals surface area contributed by atoms with Gasteiger partial charge in [-0.3, -0.25) is 9.79 Å². The Labute approximate surface area is 183 Å². The molecule has 0 bridgehead atoms. The molecule has 1 heterocycles. The van der Waals surface area contributed by atoms with E-state index in [1.165, 1.54) is 5.56 Å². The van der Waals surface area contributed by atoms with Crippen LogP contribution in [0.4, 0.5) is 5.69 Å². The summed E-state index contributed by atoms with van der Waals surface area (Å²) < 4.78 is 5.13. The van der Waals surface area contributed by atoms with Crippen molar-refractivity contribution in [3.8, 4) is 0 Å². The van der Waals surface area contributed by atoms with Gasteiger partial charge in [0.25, 0.3) is 0 Å². The number of amides is 1. The Kier molecular flexibility index (Phi) is 8.72. The molecule has 1 amide bonds. The molecular weight excluding hydrogens is 467 g/mol. The number of ether oxygens (including phenoxy) is 1. The van der Waals surface area contributed by atoms with Crippen molar-refractivity contribution in [3.05, 3.63) is 65.2 Å². The van der Waals surface area contributed by atoms with E-state index in [4.69, 9.17) is 4.74 Å². The molecule has 7 heteroatoms. The number of hydrogen-bond donors (Lipinski definition) is 3. The van der Waals surface area contributed by atoms with Crippen molar-refractivity contribution < 1.29 is 9.53 Å². The predicted octanol–water partition coefficient (Wildman–Crippen LogP) is 3.24. The zero-order valence-corrected chi connectivity index (χ0v) is 18.5. The molecule has 0 saturated heterocycles. The first kappa shape index (κ1) is 22.2. The van der Waals surface area contributed by atoms with E-state index >= 15 is 0 Å². The van der Waals surface area contributed by atoms with Gasteiger partial charge < -0.3 is 20.7 Å². The number of nitrogens with zero attached hydrogens (tertiary/aromatic N) is 1. The zero-order valence-electron chi connectivity index (χ0n) is 16.2. The number of aliphatic imine (C=N–C) groups is 1. The van der Waals surface area contributed by atoms with Crippen LogP contribution in [0.1, 0.15) is 29.0 Å². The van der Waals surface area contributed by atoms with Crippen LogP contribution in [-0.4, -0.2) is 32.6 Å². The lowest BCUT2D eigenvalue weighted by molar-refractivity contribution is -0.116. The van der Waals surface area contributed by atoms with E-state index in [0.717, 1.165) is 22.8 Å². The van der Waals surface area contributed by atoms with Crippen molar-refractivity contribution >= 4 is 41.5 Å². The number of guanidine groups is 1. The SMILES string of the molecule is CN=C(NCc1ccc(COC)cc1)NCC1CC(=O)Nc2ccccc21.I. The molecule has 1 unspecified atom stereocenters. The molecule has 1 atom stereocenters. The van der Waals surface area contributed by atoms with E-state index in [9.17, 15) is 4.79 Å². The summed E-state index contributed by atoms with van der Waals surface area (Å²) in [5.74, 6) is 0.904. The fourth-order valence-electron chi connectivity index (χ4n) is 3.23. The summed E-state index contributed by atoms with van der Waals surface area (Å²) >= 11 is 0. The van der Waals surface area contributed by atoms with Gasteiger partial charge in [-0.25, -0.2) is 0 Å². The molecule has 150 valence electrons. The highest BCUT2D eigenvalue weighted by Gasteiger charge is 2.24. The number of carbonyl (C=O) groups excluding carboxylic acids is 1. The minimum Gasteiger partial charge on any atom is -0.380 e. The number of anilines is 1. The number of carbonyl (C=O) groups is 1. The van der Waals surface area contributed by atoms with Crippen LogP contribution in [0.15, 0.2) is 53.5 Å². The highest BCUT2D eigenvalue weighted by atomic mass is 127. The molecule has 3 N–H and O–H groups in total. The molecule has 0 aromatic heterocycles. The standard InChI is InChI=1S/C21H26N4O2.HI/c1-22-21(23-12-15-7-9-16(10-8-15)14-27-2)24-13-17-11-20(26)25-19-6-4-3-5-18(17)19;/h3-10,17H,11-14H2,1-2H3,(H,25,26)(H2,22,23,24);1H. The van der Waals surface area contributed by atoms with Gasteiger partial charge in [0.05, 0.1) is 6.61 Å². The van der Waals surface area contributed by atoms with Gasteiger partial charge in [0, 0.05) is 45.3 Å². The normalized spacial score (nSPS) is 15.9. The number of benzene rings is 2. The van der Waals surface area contributed by atoms with Crippen molar-refractivity contribution in [1.82, 2.24) is 10.6 Å². The maximum absolute atomic E-state index is 11.9. The lowest BCUT2D eigenvalue weighted by atomic mass is 9.90. The van der Waals surface area contributed by atoms with Crippen LogP contribution in [0.3, 0.4) is 0 Å². The van der Waals surface area contributed by atoms with Crippen molar-refractivity contribution in [3.63, 3.8) is 0 Å². The van der Waals surface area contributed by atoms with Gasteiger partial charge in [-0.05, 0) is 22.8 Å². The average Bonchev–Trinajstić information content (AvgIpc) is 2.69. The van der Waals surface area contributed by atoms with E-state index in [1.54, 1.807) is 14.2 Å². The molecule has 0 aliphatic carbocycles. The molecule has 1 aliphatic rings. The van der Waals surface area contributed by atoms with Gasteiger partial charge in [0.2, 0.25) is 5.91 Å². The van der Waals surface area contributed by atoms with Gasteiger partial charge >= 0.3 is 0 Å². The highest BCUT2D eigenvalue weighted by Crippen LogP contribution is 2.31. The minimum atomic E-state index is 0. The quantitative estimate of drug-likeness (QED) is 0.328. The van der Waals surface area contributed by atoms with E-state index in [0.29, 0.717) is 26.1 Å². The van der Waals surface area contributed by atoms with Crippen LogP contribution in [0.5, 0.6) is 0 Å². The van der Waals surface area contributed by atoms with E-state index in [-0.39, 0.29) is 35.8 Å². The number of nitrogens with one attached hydrogen (secondary N) is 3. The number of para-hydroxylation sites is 1. The predicted molar refractivity (Wildman–Crippen MR) is 123 cm³/mol. The maximum atomic E-state index is 11.9. The van der Waals surface area contributed by atoms with Crippen molar-refractivity contribution in [2.75, 3.05) is 26.0 Å². The molecule has 2 aromatic rings. The average molecular weight is 494 g/mol. The van der Waals surface area contributed by atoms with Crippen LogP contribution in [0.2, 0.25) is 0 Å². The third kappa shape index (κ3) is 5.93. The first-order valence-corrected chi connectivity index (χ1v) is 9.09. The number of rotatable bonds is 6. The summed E-state index contributed by atoms with van der Waals surface area (Å²) in [6.07, 6.45) is 0.474. The fourth-order valence-corrected chi connectivity index (χ4v) is 3.23. The second kappa shape index (κ2) is 11.0. The van der Waals surface area contributed by atoms with Crippen LogP contribution in [0.25, 0.3) is 0 Å². The second-order valence-electron chi connectivity index (χ2n) is 6.59. The van der Waals surface area contributed by atoms with Crippen molar-refractivity contribution in [1.29, 1.82) is 0 Å². The monoisotopic (exact) mass is 494 g/mol. The Morgan fingerprint density at radius 2 is 1.86 bits per heavy atom. The Hall–Kier alpha value is -2.13. The molecule has 0 saturated carbocycles. The van der Waals surface area contributed by atoms with Crippen LogP contribution >= 0.6 is 24.0 Å². The summed E-state index contributed by atoms with van der Waals surface area (Å²) in [6, 6.07) is 16.2. The Balaban J connectivity index is 0.00000280. The molecule has 3 rings (SSSR count). The number of methoxy groups -OCH3 is 1. The molecule has 0 fully saturated rings. The summed E-state index contributed by atoms with van der Waals surface area (Å²) in [5.41, 5.74) is 4.38. The number of fused-ring (bicyclic) bond motifs is 1. The molecular formula is C21H27IN4O2. The lowest BCUT2D eigenvalue weighted by Crippen LogP contribution is -2.40. The van der Waals surface area contributed by atoms with E-state index in [1.807, 2.05) is 18.2 Å². The first-order valence-electron chi connectivity index (χ1n) is 9.09. The van der Waals surface area contributed by atoms with Gasteiger partial charge in [-0.1, -0.05) is 42.5 Å². The smallest absolute Gasteiger partial charge is 0.225 e. The van der Waals surface area contributed by atoms with Gasteiger partial charge in [-0.15, -0.1) is 24.0 Å². The lowest BCUT2D eigenvalue weighted by Gasteiger charge is -2.26. The van der Waals surface area contributed by atoms with Crippen LogP contribution in [0, 0.1) is 0 Å². The number of hydrogen-bond acceptors (Lipinski definition) is 3. The Morgan fingerprint density at radius 3 is 2.57 bits per heavy atom. The van der Waals surface area contributed by atoms with Gasteiger partial charge in [0.15, 0.2) is 5.96 Å². The Bertz CT molecular complexity index is 808. The largest absolute Gasteiger partial charge is 0.380 e.